The highest BCUT2D eigenvalue weighted by Gasteiger charge is 2.34. The van der Waals surface area contributed by atoms with E-state index in [0.717, 1.165) is 0 Å². The van der Waals surface area contributed by atoms with Gasteiger partial charge in [-0.05, 0) is 12.8 Å². The molecule has 5 nitrogen and oxygen atoms in total. The number of nitriles is 2. The van der Waals surface area contributed by atoms with Crippen molar-refractivity contribution in [3.8, 4) is 12.1 Å². The fourth-order valence-corrected chi connectivity index (χ4v) is 2.67. The maximum absolute atomic E-state index is 11.4. The van der Waals surface area contributed by atoms with Gasteiger partial charge >= 0.3 is 0 Å². The van der Waals surface area contributed by atoms with Gasteiger partial charge < -0.3 is 0 Å². The van der Waals surface area contributed by atoms with Gasteiger partial charge in [0.15, 0.2) is 0 Å². The second-order valence-electron chi connectivity index (χ2n) is 2.55. The van der Waals surface area contributed by atoms with Crippen LogP contribution < -0.4 is 0 Å². The van der Waals surface area contributed by atoms with Gasteiger partial charge in [0, 0.05) is 0 Å². The van der Waals surface area contributed by atoms with Crippen LogP contribution in [-0.2, 0) is 14.6 Å². The Labute approximate surface area is 80.5 Å². The second-order valence-corrected chi connectivity index (χ2v) is 4.54. The molecular formula is C8H4N2O3S. The molecule has 6 heteroatoms. The molecule has 0 N–H and O–H groups in total. The monoisotopic (exact) mass is 208 g/mol. The standard InChI is InChI=1S/C8H4N2O3S/c9-3-6(4-10)8-2-1-7(5-11)14(8,12)13/h1-2H2. The molecule has 0 bridgehead atoms. The van der Waals surface area contributed by atoms with E-state index in [1.54, 1.807) is 0 Å². The van der Waals surface area contributed by atoms with Gasteiger partial charge in [0.05, 0.1) is 4.91 Å². The second kappa shape index (κ2) is 3.47. The van der Waals surface area contributed by atoms with Gasteiger partial charge in [0.2, 0.25) is 9.84 Å². The molecule has 1 fully saturated rings. The summed E-state index contributed by atoms with van der Waals surface area (Å²) in [5.41, 5.74) is -0.449. The highest BCUT2D eigenvalue weighted by molar-refractivity contribution is 7.99. The molecule has 1 heterocycles. The van der Waals surface area contributed by atoms with Crippen molar-refractivity contribution in [1.82, 2.24) is 0 Å². The van der Waals surface area contributed by atoms with E-state index in [9.17, 15) is 13.2 Å². The molecule has 1 aliphatic rings. The van der Waals surface area contributed by atoms with Crippen LogP contribution in [0.2, 0.25) is 0 Å². The molecule has 0 radical (unpaired) electrons. The zero-order chi connectivity index (χ0) is 10.8. The molecule has 0 amide bonds. The van der Waals surface area contributed by atoms with Gasteiger partial charge in [-0.1, -0.05) is 0 Å². The molecule has 14 heavy (non-hydrogen) atoms. The summed E-state index contributed by atoms with van der Waals surface area (Å²) >= 11 is 0. The Morgan fingerprint density at radius 3 is 2.14 bits per heavy atom. The molecule has 1 rings (SSSR count). The van der Waals surface area contributed by atoms with Crippen LogP contribution in [0.1, 0.15) is 12.8 Å². The molecule has 0 unspecified atom stereocenters. The Hall–Kier alpha value is -1.88. The minimum Gasteiger partial charge on any atom is -0.232 e. The molecule has 0 aliphatic carbocycles. The van der Waals surface area contributed by atoms with Gasteiger partial charge in [0.25, 0.3) is 0 Å². The molecule has 0 saturated carbocycles. The quantitative estimate of drug-likeness (QED) is 0.418. The zero-order valence-corrected chi connectivity index (χ0v) is 7.76. The number of hydrogen-bond acceptors (Lipinski definition) is 5. The van der Waals surface area contributed by atoms with E-state index in [0.29, 0.717) is 0 Å². The van der Waals surface area contributed by atoms with E-state index in [1.165, 1.54) is 18.1 Å². The lowest BCUT2D eigenvalue weighted by Crippen LogP contribution is -2.00. The zero-order valence-electron chi connectivity index (χ0n) is 6.94. The number of sulfone groups is 1. The van der Waals surface area contributed by atoms with Crippen molar-refractivity contribution in [1.29, 1.82) is 10.5 Å². The third-order valence-electron chi connectivity index (χ3n) is 1.84. The molecule has 0 aromatic carbocycles. The van der Waals surface area contributed by atoms with Gasteiger partial charge in [-0.25, -0.2) is 13.2 Å². The van der Waals surface area contributed by atoms with Crippen molar-refractivity contribution >= 4 is 15.8 Å². The average molecular weight is 208 g/mol. The fraction of sp³-hybridized carbons (Fsp3) is 0.250. The molecule has 0 spiro atoms. The van der Waals surface area contributed by atoms with Gasteiger partial charge in [-0.3, -0.25) is 0 Å². The van der Waals surface area contributed by atoms with Crippen LogP contribution in [0.5, 0.6) is 0 Å². The minimum atomic E-state index is -3.87. The van der Waals surface area contributed by atoms with E-state index >= 15 is 0 Å². The van der Waals surface area contributed by atoms with E-state index in [2.05, 4.69) is 0 Å². The average Bonchev–Trinajstić information content (AvgIpc) is 2.44. The summed E-state index contributed by atoms with van der Waals surface area (Å²) in [5.74, 6) is 1.31. The number of nitrogens with zero attached hydrogens (tertiary/aromatic N) is 2. The molecule has 0 aromatic rings. The van der Waals surface area contributed by atoms with Crippen LogP contribution in [0.3, 0.4) is 0 Å². The first kappa shape index (κ1) is 10.2. The molecule has 1 saturated heterocycles. The minimum absolute atomic E-state index is 0.0219. The summed E-state index contributed by atoms with van der Waals surface area (Å²) in [5, 5.41) is 17.0. The SMILES string of the molecule is N#CC(C#N)=C1CCC(=C=O)S1(=O)=O. The van der Waals surface area contributed by atoms with Crippen LogP contribution >= 0.6 is 0 Å². The largest absolute Gasteiger partial charge is 0.232 e. The van der Waals surface area contributed by atoms with E-state index in [4.69, 9.17) is 10.5 Å². The molecular weight excluding hydrogens is 204 g/mol. The van der Waals surface area contributed by atoms with Crippen LogP contribution in [0.15, 0.2) is 15.4 Å². The molecule has 70 valence electrons. The normalized spacial score (nSPS) is 18.1. The van der Waals surface area contributed by atoms with Crippen molar-refractivity contribution in [2.24, 2.45) is 0 Å². The lowest BCUT2D eigenvalue weighted by molar-refractivity contribution is 0.567. The van der Waals surface area contributed by atoms with E-state index in [-0.39, 0.29) is 22.7 Å². The summed E-state index contributed by atoms with van der Waals surface area (Å²) in [6.07, 6.45) is 0.0530. The maximum Gasteiger partial charge on any atom is 0.211 e. The van der Waals surface area contributed by atoms with E-state index < -0.39 is 15.4 Å². The van der Waals surface area contributed by atoms with Crippen molar-refractivity contribution < 1.29 is 13.2 Å². The van der Waals surface area contributed by atoms with Crippen LogP contribution in [-0.4, -0.2) is 14.4 Å². The first-order valence-electron chi connectivity index (χ1n) is 3.60. The maximum atomic E-state index is 11.4. The first-order chi connectivity index (χ1) is 6.57. The highest BCUT2D eigenvalue weighted by Crippen LogP contribution is 2.34. The number of allylic oxidation sites excluding steroid dienone is 3. The summed E-state index contributed by atoms with van der Waals surface area (Å²) in [7, 11) is -3.87. The van der Waals surface area contributed by atoms with Crippen molar-refractivity contribution in [2.45, 2.75) is 12.8 Å². The Morgan fingerprint density at radius 2 is 1.79 bits per heavy atom. The summed E-state index contributed by atoms with van der Waals surface area (Å²) in [6.45, 7) is 0. The van der Waals surface area contributed by atoms with E-state index in [1.807, 2.05) is 0 Å². The summed E-state index contributed by atoms with van der Waals surface area (Å²) in [4.78, 5) is 9.60. The lowest BCUT2D eigenvalue weighted by atomic mass is 10.2. The van der Waals surface area contributed by atoms with Crippen LogP contribution in [0.25, 0.3) is 0 Å². The predicted molar refractivity (Wildman–Crippen MR) is 45.6 cm³/mol. The fourth-order valence-electron chi connectivity index (χ4n) is 1.16. The Morgan fingerprint density at radius 1 is 1.21 bits per heavy atom. The predicted octanol–water partition coefficient (Wildman–Crippen LogP) is 0.212. The van der Waals surface area contributed by atoms with Gasteiger partial charge in [-0.15, -0.1) is 0 Å². The smallest absolute Gasteiger partial charge is 0.211 e. The summed E-state index contributed by atoms with van der Waals surface area (Å²) in [6, 6.07) is 2.98. The number of hydrogen-bond donors (Lipinski definition) is 0. The molecule has 0 aromatic heterocycles. The highest BCUT2D eigenvalue weighted by atomic mass is 32.2. The lowest BCUT2D eigenvalue weighted by Gasteiger charge is -1.93. The van der Waals surface area contributed by atoms with Crippen molar-refractivity contribution in [3.63, 3.8) is 0 Å². The third kappa shape index (κ3) is 1.33. The number of carbonyl (C=O) groups excluding carboxylic acids is 1. The molecule has 1 aliphatic heterocycles. The summed E-state index contributed by atoms with van der Waals surface area (Å²) < 4.78 is 22.8. The topological polar surface area (TPSA) is 98.8 Å². The Balaban J connectivity index is 3.52. The molecule has 0 atom stereocenters. The van der Waals surface area contributed by atoms with Crippen LogP contribution in [0, 0.1) is 22.7 Å². The third-order valence-corrected chi connectivity index (χ3v) is 3.84. The Bertz CT molecular complexity index is 520. The van der Waals surface area contributed by atoms with Gasteiger partial charge in [0.1, 0.15) is 28.6 Å². The first-order valence-corrected chi connectivity index (χ1v) is 5.08. The Kier molecular flexibility index (Phi) is 2.53. The van der Waals surface area contributed by atoms with Crippen molar-refractivity contribution in [3.05, 3.63) is 15.4 Å². The number of rotatable bonds is 0. The van der Waals surface area contributed by atoms with Crippen molar-refractivity contribution in [2.75, 3.05) is 0 Å². The van der Waals surface area contributed by atoms with Crippen LogP contribution in [0.4, 0.5) is 0 Å². The van der Waals surface area contributed by atoms with Gasteiger partial charge in [-0.2, -0.15) is 10.5 Å².